The number of benzene rings is 1. The van der Waals surface area contributed by atoms with E-state index in [0.29, 0.717) is 29.7 Å². The molecule has 0 aliphatic carbocycles. The molecule has 6 heteroatoms. The Hall–Kier alpha value is -1.46. The lowest BCUT2D eigenvalue weighted by molar-refractivity contribution is 0.294. The van der Waals surface area contributed by atoms with Crippen LogP contribution in [-0.2, 0) is 0 Å². The second kappa shape index (κ2) is 7.79. The van der Waals surface area contributed by atoms with Crippen molar-refractivity contribution in [2.75, 3.05) is 26.9 Å². The molecule has 0 aromatic heterocycles. The lowest BCUT2D eigenvalue weighted by atomic mass is 10.2. The Bertz CT molecular complexity index is 411. The van der Waals surface area contributed by atoms with Crippen molar-refractivity contribution in [3.8, 4) is 11.5 Å². The molecule has 0 atom stereocenters. The fourth-order valence-electron chi connectivity index (χ4n) is 1.36. The van der Waals surface area contributed by atoms with Crippen LogP contribution in [0, 0.1) is 0 Å². The summed E-state index contributed by atoms with van der Waals surface area (Å²) < 4.78 is 10.6. The van der Waals surface area contributed by atoms with E-state index in [2.05, 4.69) is 10.5 Å². The lowest BCUT2D eigenvalue weighted by Gasteiger charge is -2.11. The molecule has 1 rings (SSSR count). The standard InChI is InChI=1S/C12H17ClN2O3/c1-3-18-11-7-9(8-15-14-4-5-16)6-10(13)12(11)17-2/h6-8,14,16H,3-5H2,1-2H3. The van der Waals surface area contributed by atoms with E-state index in [1.54, 1.807) is 25.5 Å². The molecule has 0 bridgehead atoms. The molecule has 100 valence electrons. The van der Waals surface area contributed by atoms with Crippen molar-refractivity contribution >= 4 is 17.8 Å². The first-order valence-electron chi connectivity index (χ1n) is 5.60. The van der Waals surface area contributed by atoms with E-state index >= 15 is 0 Å². The molecule has 18 heavy (non-hydrogen) atoms. The normalized spacial score (nSPS) is 10.7. The van der Waals surface area contributed by atoms with Crippen LogP contribution in [0.5, 0.6) is 11.5 Å². The second-order valence-corrected chi connectivity index (χ2v) is 3.76. The summed E-state index contributed by atoms with van der Waals surface area (Å²) in [6, 6.07) is 3.52. The molecule has 5 nitrogen and oxygen atoms in total. The van der Waals surface area contributed by atoms with Crippen LogP contribution in [0.4, 0.5) is 0 Å². The SMILES string of the molecule is CCOc1cc(C=NNCCO)cc(Cl)c1OC. The van der Waals surface area contributed by atoms with Crippen molar-refractivity contribution in [3.05, 3.63) is 22.7 Å². The zero-order valence-corrected chi connectivity index (χ0v) is 11.2. The van der Waals surface area contributed by atoms with E-state index < -0.39 is 0 Å². The van der Waals surface area contributed by atoms with Crippen molar-refractivity contribution < 1.29 is 14.6 Å². The summed E-state index contributed by atoms with van der Waals surface area (Å²) in [5.41, 5.74) is 3.47. The van der Waals surface area contributed by atoms with Crippen molar-refractivity contribution in [1.82, 2.24) is 5.43 Å². The number of aliphatic hydroxyl groups excluding tert-OH is 1. The van der Waals surface area contributed by atoms with Gasteiger partial charge in [-0.05, 0) is 24.6 Å². The molecule has 1 aromatic rings. The fraction of sp³-hybridized carbons (Fsp3) is 0.417. The molecule has 0 unspecified atom stereocenters. The largest absolute Gasteiger partial charge is 0.491 e. The molecule has 2 N–H and O–H groups in total. The highest BCUT2D eigenvalue weighted by Crippen LogP contribution is 2.35. The van der Waals surface area contributed by atoms with E-state index in [-0.39, 0.29) is 6.61 Å². The molecular weight excluding hydrogens is 256 g/mol. The third kappa shape index (κ3) is 4.09. The Morgan fingerprint density at radius 1 is 1.50 bits per heavy atom. The van der Waals surface area contributed by atoms with Gasteiger partial charge in [0.1, 0.15) is 0 Å². The maximum Gasteiger partial charge on any atom is 0.179 e. The van der Waals surface area contributed by atoms with Crippen LogP contribution in [0.3, 0.4) is 0 Å². The topological polar surface area (TPSA) is 63.1 Å². The molecule has 0 amide bonds. The summed E-state index contributed by atoms with van der Waals surface area (Å²) in [6.45, 7) is 2.84. The van der Waals surface area contributed by atoms with Crippen LogP contribution in [-0.4, -0.2) is 38.2 Å². The predicted octanol–water partition coefficient (Wildman–Crippen LogP) is 1.66. The van der Waals surface area contributed by atoms with Gasteiger partial charge < -0.3 is 20.0 Å². The van der Waals surface area contributed by atoms with Gasteiger partial charge in [-0.1, -0.05) is 11.6 Å². The van der Waals surface area contributed by atoms with Crippen molar-refractivity contribution in [2.24, 2.45) is 5.10 Å². The fourth-order valence-corrected chi connectivity index (χ4v) is 1.65. The summed E-state index contributed by atoms with van der Waals surface area (Å²) in [7, 11) is 1.54. The third-order valence-electron chi connectivity index (χ3n) is 2.06. The van der Waals surface area contributed by atoms with Gasteiger partial charge in [-0.15, -0.1) is 0 Å². The molecule has 0 saturated carbocycles. The van der Waals surface area contributed by atoms with Gasteiger partial charge in [-0.3, -0.25) is 0 Å². The summed E-state index contributed by atoms with van der Waals surface area (Å²) in [4.78, 5) is 0. The first-order chi connectivity index (χ1) is 8.72. The summed E-state index contributed by atoms with van der Waals surface area (Å²) in [6.07, 6.45) is 1.60. The zero-order chi connectivity index (χ0) is 13.4. The van der Waals surface area contributed by atoms with E-state index in [1.807, 2.05) is 6.92 Å². The monoisotopic (exact) mass is 272 g/mol. The highest BCUT2D eigenvalue weighted by molar-refractivity contribution is 6.32. The van der Waals surface area contributed by atoms with Crippen LogP contribution in [0.15, 0.2) is 17.2 Å². The summed E-state index contributed by atoms with van der Waals surface area (Å²) in [5.74, 6) is 1.09. The van der Waals surface area contributed by atoms with Gasteiger partial charge in [0, 0.05) is 0 Å². The van der Waals surface area contributed by atoms with Crippen molar-refractivity contribution in [1.29, 1.82) is 0 Å². The minimum atomic E-state index is 0.0326. The number of ether oxygens (including phenoxy) is 2. The van der Waals surface area contributed by atoms with Gasteiger partial charge in [0.25, 0.3) is 0 Å². The van der Waals surface area contributed by atoms with Crippen molar-refractivity contribution in [2.45, 2.75) is 6.92 Å². The zero-order valence-electron chi connectivity index (χ0n) is 10.4. The number of hydrazone groups is 1. The molecule has 0 radical (unpaired) electrons. The molecule has 0 heterocycles. The second-order valence-electron chi connectivity index (χ2n) is 3.36. The van der Waals surface area contributed by atoms with E-state index in [9.17, 15) is 0 Å². The number of aliphatic hydroxyl groups is 1. The molecule has 0 aliphatic heterocycles. The summed E-state index contributed by atoms with van der Waals surface area (Å²) in [5, 5.41) is 13.0. The number of nitrogens with one attached hydrogen (secondary N) is 1. The highest BCUT2D eigenvalue weighted by atomic mass is 35.5. The molecule has 1 aromatic carbocycles. The number of hydrogen-bond donors (Lipinski definition) is 2. The number of nitrogens with zero attached hydrogens (tertiary/aromatic N) is 1. The molecule has 0 fully saturated rings. The number of hydrogen-bond acceptors (Lipinski definition) is 5. The van der Waals surface area contributed by atoms with Gasteiger partial charge in [0.15, 0.2) is 11.5 Å². The Kier molecular flexibility index (Phi) is 6.32. The number of rotatable bonds is 7. The van der Waals surface area contributed by atoms with Gasteiger partial charge in [-0.25, -0.2) is 0 Å². The first-order valence-corrected chi connectivity index (χ1v) is 5.97. The highest BCUT2D eigenvalue weighted by Gasteiger charge is 2.10. The maximum absolute atomic E-state index is 8.60. The quantitative estimate of drug-likeness (QED) is 0.450. The third-order valence-corrected chi connectivity index (χ3v) is 2.35. The van der Waals surface area contributed by atoms with Crippen LogP contribution < -0.4 is 14.9 Å². The van der Waals surface area contributed by atoms with Crippen LogP contribution in [0.2, 0.25) is 5.02 Å². The van der Waals surface area contributed by atoms with Gasteiger partial charge in [-0.2, -0.15) is 5.10 Å². The molecule has 0 aliphatic rings. The Balaban J connectivity index is 2.90. The summed E-state index contributed by atoms with van der Waals surface area (Å²) >= 11 is 6.08. The minimum Gasteiger partial charge on any atom is -0.491 e. The molecule has 0 saturated heterocycles. The average molecular weight is 273 g/mol. The lowest BCUT2D eigenvalue weighted by Crippen LogP contribution is -2.11. The Morgan fingerprint density at radius 3 is 2.89 bits per heavy atom. The average Bonchev–Trinajstić information content (AvgIpc) is 2.35. The first kappa shape index (κ1) is 14.6. The van der Waals surface area contributed by atoms with Crippen molar-refractivity contribution in [3.63, 3.8) is 0 Å². The minimum absolute atomic E-state index is 0.0326. The Morgan fingerprint density at radius 2 is 2.28 bits per heavy atom. The molecular formula is C12H17ClN2O3. The molecule has 0 spiro atoms. The number of halogens is 1. The van der Waals surface area contributed by atoms with Gasteiger partial charge in [0.2, 0.25) is 0 Å². The van der Waals surface area contributed by atoms with Crippen LogP contribution in [0.25, 0.3) is 0 Å². The van der Waals surface area contributed by atoms with E-state index in [0.717, 1.165) is 5.56 Å². The maximum atomic E-state index is 8.60. The van der Waals surface area contributed by atoms with E-state index in [4.69, 9.17) is 26.2 Å². The van der Waals surface area contributed by atoms with E-state index in [1.165, 1.54) is 0 Å². The predicted molar refractivity (Wildman–Crippen MR) is 71.9 cm³/mol. The van der Waals surface area contributed by atoms with Gasteiger partial charge in [0.05, 0.1) is 38.1 Å². The number of methoxy groups -OCH3 is 1. The smallest absolute Gasteiger partial charge is 0.179 e. The van der Waals surface area contributed by atoms with Crippen LogP contribution >= 0.6 is 11.6 Å². The van der Waals surface area contributed by atoms with Gasteiger partial charge >= 0.3 is 0 Å². The van der Waals surface area contributed by atoms with Crippen LogP contribution in [0.1, 0.15) is 12.5 Å². The Labute approximate surface area is 111 Å².